The van der Waals surface area contributed by atoms with Crippen LogP contribution in [0.3, 0.4) is 0 Å². The van der Waals surface area contributed by atoms with Gasteiger partial charge in [-0.2, -0.15) is 17.5 Å². The molecule has 3 aromatic rings. The topological polar surface area (TPSA) is 138 Å². The number of carbonyl (C=O) groups excluding carboxylic acids is 2. The van der Waals surface area contributed by atoms with Crippen molar-refractivity contribution < 1.29 is 45.8 Å². The first-order valence-electron chi connectivity index (χ1n) is 16.7. The average Bonchev–Trinajstić information content (AvgIpc) is 3.09. The molecule has 4 atom stereocenters. The van der Waals surface area contributed by atoms with Crippen molar-refractivity contribution in [3.05, 3.63) is 83.9 Å². The van der Waals surface area contributed by atoms with Crippen LogP contribution in [0.5, 0.6) is 5.75 Å². The van der Waals surface area contributed by atoms with Gasteiger partial charge in [-0.05, 0) is 87.7 Å². The van der Waals surface area contributed by atoms with Crippen LogP contribution in [0.4, 0.5) is 29.3 Å². The molecule has 1 aliphatic rings. The van der Waals surface area contributed by atoms with E-state index in [1.807, 2.05) is 13.8 Å². The van der Waals surface area contributed by atoms with Gasteiger partial charge in [-0.15, -0.1) is 0 Å². The van der Waals surface area contributed by atoms with Crippen LogP contribution in [0.25, 0.3) is 0 Å². The Morgan fingerprint density at radius 1 is 1.02 bits per heavy atom. The number of carbonyl (C=O) groups is 2. The summed E-state index contributed by atoms with van der Waals surface area (Å²) >= 11 is 0. The molecule has 1 aliphatic heterocycles. The Hall–Kier alpha value is -4.18. The van der Waals surface area contributed by atoms with Crippen molar-refractivity contribution in [2.24, 2.45) is 5.92 Å². The number of nitrogens with zero attached hydrogens (tertiary/aromatic N) is 2. The van der Waals surface area contributed by atoms with Crippen molar-refractivity contribution in [3.8, 4) is 5.75 Å². The summed E-state index contributed by atoms with van der Waals surface area (Å²) in [5, 5.41) is 15.3. The molecule has 51 heavy (non-hydrogen) atoms. The van der Waals surface area contributed by atoms with Crippen LogP contribution < -0.4 is 15.4 Å². The zero-order valence-electron chi connectivity index (χ0n) is 29.0. The molecule has 0 saturated heterocycles. The first-order valence-corrected chi connectivity index (χ1v) is 18.1. The van der Waals surface area contributed by atoms with Gasteiger partial charge in [-0.3, -0.25) is 4.79 Å². The number of anilines is 2. The second-order valence-electron chi connectivity index (χ2n) is 12.8. The van der Waals surface area contributed by atoms with Crippen LogP contribution in [0.2, 0.25) is 0 Å². The fourth-order valence-electron chi connectivity index (χ4n) is 5.62. The van der Waals surface area contributed by atoms with Gasteiger partial charge in [0.15, 0.2) is 0 Å². The van der Waals surface area contributed by atoms with Gasteiger partial charge in [0.05, 0.1) is 40.9 Å². The van der Waals surface area contributed by atoms with Crippen LogP contribution in [0, 0.1) is 5.92 Å². The van der Waals surface area contributed by atoms with Gasteiger partial charge in [-0.1, -0.05) is 25.1 Å². The van der Waals surface area contributed by atoms with E-state index in [1.165, 1.54) is 34.5 Å². The Balaban J connectivity index is 1.60. The second kappa shape index (κ2) is 17.4. The Bertz CT molecular complexity index is 1730. The van der Waals surface area contributed by atoms with E-state index in [-0.39, 0.29) is 53.4 Å². The minimum absolute atomic E-state index is 0.0200. The van der Waals surface area contributed by atoms with E-state index in [4.69, 9.17) is 9.47 Å². The predicted molar refractivity (Wildman–Crippen MR) is 187 cm³/mol. The van der Waals surface area contributed by atoms with Crippen LogP contribution >= 0.6 is 0 Å². The van der Waals surface area contributed by atoms with Crippen molar-refractivity contribution in [2.75, 3.05) is 44.0 Å². The van der Waals surface area contributed by atoms with Crippen molar-refractivity contribution in [3.63, 3.8) is 0 Å². The molecule has 0 radical (unpaired) electrons. The Morgan fingerprint density at radius 2 is 1.67 bits per heavy atom. The van der Waals surface area contributed by atoms with Gasteiger partial charge < -0.3 is 30.1 Å². The molecular formula is C36H45F3N4O7S. The van der Waals surface area contributed by atoms with Crippen molar-refractivity contribution in [2.45, 2.75) is 69.4 Å². The summed E-state index contributed by atoms with van der Waals surface area (Å²) in [6.07, 6.45) is -3.37. The third kappa shape index (κ3) is 10.7. The van der Waals surface area contributed by atoms with Crippen molar-refractivity contribution >= 4 is 33.3 Å². The minimum atomic E-state index is -4.52. The summed E-state index contributed by atoms with van der Waals surface area (Å²) in [6.45, 7) is 5.51. The Morgan fingerprint density at radius 3 is 2.31 bits per heavy atom. The van der Waals surface area contributed by atoms with Gasteiger partial charge in [0.2, 0.25) is 10.0 Å². The molecule has 0 aromatic heterocycles. The number of urea groups is 1. The first kappa shape index (κ1) is 39.6. The van der Waals surface area contributed by atoms with Crippen LogP contribution in [0.15, 0.2) is 77.7 Å². The van der Waals surface area contributed by atoms with E-state index in [9.17, 15) is 36.3 Å². The molecule has 3 N–H and O–H groups in total. The fourth-order valence-corrected chi connectivity index (χ4v) is 6.83. The van der Waals surface area contributed by atoms with Crippen LogP contribution in [0.1, 0.15) is 56.0 Å². The maximum atomic E-state index is 14.3. The number of aliphatic hydroxyl groups is 1. The standard InChI is InChI=1S/C36H45F3N4O7S/c1-24-21-43(25(2)23-44)34(45)31-20-29(41-35(46)40-28-15-13-27(14-16-28)36(37,38)39)17-18-32(31)50-26(3)10-8-9-19-49-33(24)22-42(4)51(47,48)30-11-6-5-7-12-30/h5-7,11-18,20,24-26,33,44H,8-10,19,21-23H2,1-4H3,(H2,40,41,46)/t24-,25+,26+,33-/m0/s1. The molecule has 15 heteroatoms. The van der Waals surface area contributed by atoms with Crippen LogP contribution in [-0.2, 0) is 20.9 Å². The highest BCUT2D eigenvalue weighted by atomic mass is 32.2. The number of amides is 3. The van der Waals surface area contributed by atoms with E-state index in [2.05, 4.69) is 10.6 Å². The number of fused-ring (bicyclic) bond motifs is 1. The molecule has 0 spiro atoms. The van der Waals surface area contributed by atoms with Gasteiger partial charge in [0.25, 0.3) is 5.91 Å². The summed E-state index contributed by atoms with van der Waals surface area (Å²) in [5.41, 5.74) is -0.407. The van der Waals surface area contributed by atoms with Crippen molar-refractivity contribution in [1.29, 1.82) is 0 Å². The average molecular weight is 735 g/mol. The third-order valence-corrected chi connectivity index (χ3v) is 10.5. The quantitative estimate of drug-likeness (QED) is 0.242. The SMILES string of the molecule is C[C@@H]1CCCCO[C@@H](CN(C)S(=O)(=O)c2ccccc2)[C@@H](C)CN([C@H](C)CO)C(=O)c2cc(NC(=O)Nc3ccc(C(F)(F)F)cc3)ccc2O1. The largest absolute Gasteiger partial charge is 0.490 e. The van der Waals surface area contributed by atoms with Gasteiger partial charge in [0, 0.05) is 44.0 Å². The minimum Gasteiger partial charge on any atom is -0.490 e. The number of sulfonamides is 1. The molecule has 0 unspecified atom stereocenters. The predicted octanol–water partition coefficient (Wildman–Crippen LogP) is 6.47. The summed E-state index contributed by atoms with van der Waals surface area (Å²) < 4.78 is 79.3. The summed E-state index contributed by atoms with van der Waals surface area (Å²) in [6, 6.07) is 15.2. The van der Waals surface area contributed by atoms with E-state index in [1.54, 1.807) is 37.3 Å². The number of rotatable bonds is 8. The molecule has 0 fully saturated rings. The van der Waals surface area contributed by atoms with E-state index in [0.717, 1.165) is 30.7 Å². The molecule has 278 valence electrons. The van der Waals surface area contributed by atoms with E-state index in [0.29, 0.717) is 19.4 Å². The molecule has 0 bridgehead atoms. The Labute approximate surface area is 296 Å². The molecule has 11 nitrogen and oxygen atoms in total. The van der Waals surface area contributed by atoms with Crippen LogP contribution in [-0.4, -0.2) is 86.3 Å². The third-order valence-electron chi connectivity index (χ3n) is 8.67. The highest BCUT2D eigenvalue weighted by Crippen LogP contribution is 2.31. The van der Waals surface area contributed by atoms with Crippen molar-refractivity contribution in [1.82, 2.24) is 9.21 Å². The summed E-state index contributed by atoms with van der Waals surface area (Å²) in [7, 11) is -2.34. The lowest BCUT2D eigenvalue weighted by atomic mass is 10.0. The lowest BCUT2D eigenvalue weighted by Gasteiger charge is -2.35. The number of aliphatic hydroxyl groups excluding tert-OH is 1. The zero-order chi connectivity index (χ0) is 37.3. The van der Waals surface area contributed by atoms with E-state index < -0.39 is 51.8 Å². The molecular weight excluding hydrogens is 689 g/mol. The second-order valence-corrected chi connectivity index (χ2v) is 14.8. The van der Waals surface area contributed by atoms with Gasteiger partial charge in [0.1, 0.15) is 5.75 Å². The molecule has 3 amide bonds. The summed E-state index contributed by atoms with van der Waals surface area (Å²) in [4.78, 5) is 28.8. The highest BCUT2D eigenvalue weighted by Gasteiger charge is 2.33. The Kier molecular flexibility index (Phi) is 13.5. The normalized spacial score (nSPS) is 20.1. The van der Waals surface area contributed by atoms with Gasteiger partial charge in [-0.25, -0.2) is 13.2 Å². The number of halogens is 3. The molecule has 4 rings (SSSR count). The number of hydrogen-bond acceptors (Lipinski definition) is 7. The summed E-state index contributed by atoms with van der Waals surface area (Å²) in [5.74, 6) is -0.626. The number of hydrogen-bond donors (Lipinski definition) is 3. The van der Waals surface area contributed by atoms with E-state index >= 15 is 0 Å². The number of nitrogens with one attached hydrogen (secondary N) is 2. The number of ether oxygens (including phenoxy) is 2. The number of benzene rings is 3. The highest BCUT2D eigenvalue weighted by molar-refractivity contribution is 7.89. The van der Waals surface area contributed by atoms with Gasteiger partial charge >= 0.3 is 12.2 Å². The number of alkyl halides is 3. The molecule has 0 saturated carbocycles. The maximum Gasteiger partial charge on any atom is 0.416 e. The smallest absolute Gasteiger partial charge is 0.416 e. The molecule has 0 aliphatic carbocycles. The lowest BCUT2D eigenvalue weighted by Crippen LogP contribution is -2.48. The maximum absolute atomic E-state index is 14.3. The lowest BCUT2D eigenvalue weighted by molar-refractivity contribution is -0.137. The number of likely N-dealkylation sites (N-methyl/N-ethyl adjacent to an activating group) is 1. The first-order chi connectivity index (χ1) is 24.1. The fraction of sp³-hybridized carbons (Fsp3) is 0.444. The monoisotopic (exact) mass is 734 g/mol. The molecule has 3 aromatic carbocycles. The zero-order valence-corrected chi connectivity index (χ0v) is 29.8. The molecule has 1 heterocycles.